The standard InChI is InChI=1S/C22H28N4O/c1-23-21(27)20-10-6-9-18(14-20)15-25-22(24-2)26-12-11-19(16-26)13-17-7-4-3-5-8-17/h3-10,14,19H,11-13,15-16H2,1-2H3,(H,23,27)(H,24,25). The molecule has 0 bridgehead atoms. The van der Waals surface area contributed by atoms with Gasteiger partial charge in [0.1, 0.15) is 0 Å². The largest absolute Gasteiger partial charge is 0.355 e. The zero-order chi connectivity index (χ0) is 19.1. The number of likely N-dealkylation sites (tertiary alicyclic amines) is 1. The van der Waals surface area contributed by atoms with Gasteiger partial charge in [0.2, 0.25) is 0 Å². The minimum absolute atomic E-state index is 0.0653. The fourth-order valence-electron chi connectivity index (χ4n) is 3.62. The molecule has 2 aromatic carbocycles. The SMILES string of the molecule is CN=C(NCc1cccc(C(=O)NC)c1)N1CCC(Cc2ccccc2)C1. The number of aliphatic imine (C=N–C) groups is 1. The summed E-state index contributed by atoms with van der Waals surface area (Å²) in [5.74, 6) is 1.52. The number of nitrogens with one attached hydrogen (secondary N) is 2. The van der Waals surface area contributed by atoms with Gasteiger partial charge in [-0.1, -0.05) is 42.5 Å². The molecule has 2 aromatic rings. The van der Waals surface area contributed by atoms with Gasteiger partial charge in [-0.15, -0.1) is 0 Å². The number of hydrogen-bond donors (Lipinski definition) is 2. The van der Waals surface area contributed by atoms with Gasteiger partial charge in [-0.25, -0.2) is 0 Å². The lowest BCUT2D eigenvalue weighted by Gasteiger charge is -2.22. The molecule has 3 rings (SSSR count). The molecule has 1 saturated heterocycles. The molecule has 1 heterocycles. The van der Waals surface area contributed by atoms with Gasteiger partial charge >= 0.3 is 0 Å². The molecular weight excluding hydrogens is 336 g/mol. The number of hydrogen-bond acceptors (Lipinski definition) is 2. The predicted molar refractivity (Wildman–Crippen MR) is 110 cm³/mol. The van der Waals surface area contributed by atoms with Crippen LogP contribution in [0.4, 0.5) is 0 Å². The number of benzene rings is 2. The van der Waals surface area contributed by atoms with Gasteiger partial charge < -0.3 is 15.5 Å². The minimum atomic E-state index is -0.0653. The van der Waals surface area contributed by atoms with Crippen molar-refractivity contribution in [1.29, 1.82) is 0 Å². The number of rotatable bonds is 5. The van der Waals surface area contributed by atoms with Crippen LogP contribution in [0.2, 0.25) is 0 Å². The molecule has 5 nitrogen and oxygen atoms in total. The number of nitrogens with zero attached hydrogens (tertiary/aromatic N) is 2. The summed E-state index contributed by atoms with van der Waals surface area (Å²) in [5, 5.41) is 6.10. The molecule has 0 aromatic heterocycles. The van der Waals surface area contributed by atoms with E-state index in [0.29, 0.717) is 18.0 Å². The second kappa shape index (κ2) is 9.21. The first-order chi connectivity index (χ1) is 13.2. The zero-order valence-electron chi connectivity index (χ0n) is 16.1. The Bertz CT molecular complexity index is 788. The summed E-state index contributed by atoms with van der Waals surface area (Å²) in [6.45, 7) is 2.69. The average molecular weight is 364 g/mol. The Morgan fingerprint density at radius 1 is 1.15 bits per heavy atom. The van der Waals surface area contributed by atoms with Crippen molar-refractivity contribution in [2.75, 3.05) is 27.2 Å². The quantitative estimate of drug-likeness (QED) is 0.634. The van der Waals surface area contributed by atoms with Gasteiger partial charge in [0.15, 0.2) is 5.96 Å². The lowest BCUT2D eigenvalue weighted by atomic mass is 9.99. The maximum absolute atomic E-state index is 11.8. The van der Waals surface area contributed by atoms with Crippen molar-refractivity contribution in [2.24, 2.45) is 10.9 Å². The molecule has 1 aliphatic rings. The molecule has 0 spiro atoms. The Morgan fingerprint density at radius 3 is 2.67 bits per heavy atom. The van der Waals surface area contributed by atoms with Crippen molar-refractivity contribution >= 4 is 11.9 Å². The normalized spacial score (nSPS) is 17.0. The van der Waals surface area contributed by atoms with Crippen molar-refractivity contribution in [3.05, 3.63) is 71.3 Å². The van der Waals surface area contributed by atoms with Crippen LogP contribution in [0.25, 0.3) is 0 Å². The molecule has 0 aliphatic carbocycles. The van der Waals surface area contributed by atoms with Gasteiger partial charge in [0, 0.05) is 39.3 Å². The number of amides is 1. The van der Waals surface area contributed by atoms with E-state index < -0.39 is 0 Å². The van der Waals surface area contributed by atoms with Gasteiger partial charge in [-0.2, -0.15) is 0 Å². The highest BCUT2D eigenvalue weighted by Gasteiger charge is 2.24. The topological polar surface area (TPSA) is 56.7 Å². The second-order valence-electron chi connectivity index (χ2n) is 6.97. The molecule has 5 heteroatoms. The lowest BCUT2D eigenvalue weighted by molar-refractivity contribution is 0.0963. The van der Waals surface area contributed by atoms with Gasteiger partial charge in [-0.05, 0) is 42.0 Å². The van der Waals surface area contributed by atoms with Crippen molar-refractivity contribution < 1.29 is 4.79 Å². The smallest absolute Gasteiger partial charge is 0.251 e. The van der Waals surface area contributed by atoms with Crippen LogP contribution in [0, 0.1) is 5.92 Å². The molecule has 27 heavy (non-hydrogen) atoms. The Hall–Kier alpha value is -2.82. The van der Waals surface area contributed by atoms with E-state index in [1.54, 1.807) is 7.05 Å². The summed E-state index contributed by atoms with van der Waals surface area (Å²) >= 11 is 0. The Labute approximate surface area is 161 Å². The summed E-state index contributed by atoms with van der Waals surface area (Å²) in [7, 11) is 3.47. The highest BCUT2D eigenvalue weighted by Crippen LogP contribution is 2.21. The van der Waals surface area contributed by atoms with Gasteiger partial charge in [-0.3, -0.25) is 9.79 Å². The summed E-state index contributed by atoms with van der Waals surface area (Å²) in [6.07, 6.45) is 2.30. The van der Waals surface area contributed by atoms with Crippen molar-refractivity contribution in [3.8, 4) is 0 Å². The molecule has 1 amide bonds. The van der Waals surface area contributed by atoms with E-state index in [1.807, 2.05) is 31.3 Å². The van der Waals surface area contributed by atoms with E-state index in [2.05, 4.69) is 50.9 Å². The average Bonchev–Trinajstić information content (AvgIpc) is 3.17. The van der Waals surface area contributed by atoms with E-state index in [1.165, 1.54) is 12.0 Å². The van der Waals surface area contributed by atoms with E-state index in [9.17, 15) is 4.79 Å². The van der Waals surface area contributed by atoms with Crippen LogP contribution in [0.3, 0.4) is 0 Å². The molecular formula is C22H28N4O. The summed E-state index contributed by atoms with van der Waals surface area (Å²) in [6, 6.07) is 18.4. The minimum Gasteiger partial charge on any atom is -0.355 e. The third-order valence-electron chi connectivity index (χ3n) is 5.03. The van der Waals surface area contributed by atoms with E-state index in [4.69, 9.17) is 0 Å². The summed E-state index contributed by atoms with van der Waals surface area (Å²) < 4.78 is 0. The van der Waals surface area contributed by atoms with Crippen LogP contribution < -0.4 is 10.6 Å². The van der Waals surface area contributed by atoms with Crippen molar-refractivity contribution in [2.45, 2.75) is 19.4 Å². The molecule has 1 atom stereocenters. The van der Waals surface area contributed by atoms with Crippen LogP contribution in [0.1, 0.15) is 27.9 Å². The van der Waals surface area contributed by atoms with Crippen LogP contribution >= 0.6 is 0 Å². The molecule has 1 fully saturated rings. The third kappa shape index (κ3) is 5.09. The van der Waals surface area contributed by atoms with E-state index in [-0.39, 0.29) is 5.91 Å². The van der Waals surface area contributed by atoms with Crippen LogP contribution in [-0.4, -0.2) is 44.0 Å². The van der Waals surface area contributed by atoms with Gasteiger partial charge in [0.25, 0.3) is 5.91 Å². The van der Waals surface area contributed by atoms with Crippen LogP contribution in [0.5, 0.6) is 0 Å². The highest BCUT2D eigenvalue weighted by atomic mass is 16.1. The first kappa shape index (κ1) is 19.0. The Balaban J connectivity index is 1.55. The van der Waals surface area contributed by atoms with Crippen molar-refractivity contribution in [3.63, 3.8) is 0 Å². The second-order valence-corrected chi connectivity index (χ2v) is 6.97. The molecule has 1 unspecified atom stereocenters. The lowest BCUT2D eigenvalue weighted by Crippen LogP contribution is -2.39. The number of carbonyl (C=O) groups excluding carboxylic acids is 1. The Morgan fingerprint density at radius 2 is 1.93 bits per heavy atom. The first-order valence-corrected chi connectivity index (χ1v) is 9.50. The number of carbonyl (C=O) groups is 1. The van der Waals surface area contributed by atoms with E-state index >= 15 is 0 Å². The number of guanidine groups is 1. The summed E-state index contributed by atoms with van der Waals surface area (Å²) in [4.78, 5) is 18.6. The molecule has 1 aliphatic heterocycles. The monoisotopic (exact) mass is 364 g/mol. The fraction of sp³-hybridized carbons (Fsp3) is 0.364. The van der Waals surface area contributed by atoms with Crippen LogP contribution in [0.15, 0.2) is 59.6 Å². The fourth-order valence-corrected chi connectivity index (χ4v) is 3.62. The predicted octanol–water partition coefficient (Wildman–Crippen LogP) is 2.69. The maximum atomic E-state index is 11.8. The maximum Gasteiger partial charge on any atom is 0.251 e. The van der Waals surface area contributed by atoms with Crippen molar-refractivity contribution in [1.82, 2.24) is 15.5 Å². The third-order valence-corrected chi connectivity index (χ3v) is 5.03. The molecule has 0 saturated carbocycles. The summed E-state index contributed by atoms with van der Waals surface area (Å²) in [5.41, 5.74) is 3.14. The molecule has 0 radical (unpaired) electrons. The first-order valence-electron chi connectivity index (χ1n) is 9.50. The Kier molecular flexibility index (Phi) is 6.47. The molecule has 2 N–H and O–H groups in total. The zero-order valence-corrected chi connectivity index (χ0v) is 16.1. The van der Waals surface area contributed by atoms with Crippen LogP contribution in [-0.2, 0) is 13.0 Å². The molecule has 142 valence electrons. The highest BCUT2D eigenvalue weighted by molar-refractivity contribution is 5.94. The van der Waals surface area contributed by atoms with Gasteiger partial charge in [0.05, 0.1) is 0 Å². The van der Waals surface area contributed by atoms with E-state index in [0.717, 1.165) is 31.0 Å².